The van der Waals surface area contributed by atoms with Crippen LogP contribution in [0.5, 0.6) is 5.88 Å². The lowest BCUT2D eigenvalue weighted by Gasteiger charge is -2.22. The van der Waals surface area contributed by atoms with Crippen LogP contribution in [0.1, 0.15) is 63.0 Å². The second-order valence-corrected chi connectivity index (χ2v) is 7.70. The van der Waals surface area contributed by atoms with E-state index in [1.54, 1.807) is 0 Å². The monoisotopic (exact) mass is 393 g/mol. The van der Waals surface area contributed by atoms with Gasteiger partial charge in [0, 0.05) is 11.9 Å². The zero-order chi connectivity index (χ0) is 20.1. The number of alkyl halides is 3. The molecular weight excluding hydrogens is 367 g/mol. The smallest absolute Gasteiger partial charge is 0.423 e. The first kappa shape index (κ1) is 20.4. The lowest BCUT2D eigenvalue weighted by molar-refractivity contribution is -0.139. The Kier molecular flexibility index (Phi) is 6.42. The van der Waals surface area contributed by atoms with Crippen LogP contribution in [0, 0.1) is 5.92 Å². The fourth-order valence-electron chi connectivity index (χ4n) is 3.38. The van der Waals surface area contributed by atoms with Crippen LogP contribution in [0.15, 0.2) is 30.5 Å². The van der Waals surface area contributed by atoms with Crippen LogP contribution in [0.2, 0.25) is 0 Å². The molecule has 0 radical (unpaired) electrons. The van der Waals surface area contributed by atoms with E-state index in [4.69, 9.17) is 4.74 Å². The summed E-state index contributed by atoms with van der Waals surface area (Å²) < 4.78 is 44.8. The molecule has 1 N–H and O–H groups in total. The van der Waals surface area contributed by atoms with Gasteiger partial charge in [-0.1, -0.05) is 45.2 Å². The Morgan fingerprint density at radius 1 is 1.11 bits per heavy atom. The van der Waals surface area contributed by atoms with Crippen molar-refractivity contribution in [1.82, 2.24) is 9.97 Å². The van der Waals surface area contributed by atoms with Crippen LogP contribution in [0.3, 0.4) is 0 Å². The van der Waals surface area contributed by atoms with Gasteiger partial charge in [-0.15, -0.1) is 0 Å². The summed E-state index contributed by atoms with van der Waals surface area (Å²) >= 11 is 0. The molecule has 0 atom stereocenters. The van der Waals surface area contributed by atoms with E-state index in [1.807, 2.05) is 26.0 Å². The Bertz CT molecular complexity index is 769. The molecule has 1 fully saturated rings. The number of nitrogens with zero attached hydrogens (tertiary/aromatic N) is 2. The molecule has 0 bridgehead atoms. The van der Waals surface area contributed by atoms with Crippen LogP contribution in [0.4, 0.5) is 24.8 Å². The van der Waals surface area contributed by atoms with Crippen molar-refractivity contribution in [1.29, 1.82) is 0 Å². The number of aromatic nitrogens is 2. The highest BCUT2D eigenvalue weighted by Gasteiger charge is 2.36. The molecule has 1 aliphatic rings. The summed E-state index contributed by atoms with van der Waals surface area (Å²) in [6.45, 7) is 3.87. The van der Waals surface area contributed by atoms with Crippen molar-refractivity contribution in [3.8, 4) is 5.88 Å². The highest BCUT2D eigenvalue weighted by Crippen LogP contribution is 2.36. The van der Waals surface area contributed by atoms with E-state index in [9.17, 15) is 13.2 Å². The van der Waals surface area contributed by atoms with Gasteiger partial charge in [-0.25, -0.2) is 4.98 Å². The van der Waals surface area contributed by atoms with Crippen LogP contribution in [-0.2, 0) is 6.18 Å². The summed E-state index contributed by atoms with van der Waals surface area (Å²) in [6, 6.07) is 7.97. The van der Waals surface area contributed by atoms with Gasteiger partial charge in [-0.05, 0) is 42.4 Å². The van der Waals surface area contributed by atoms with Crippen molar-refractivity contribution < 1.29 is 17.9 Å². The fourth-order valence-corrected chi connectivity index (χ4v) is 3.38. The minimum absolute atomic E-state index is 0.0807. The first-order valence-electron chi connectivity index (χ1n) is 9.77. The average Bonchev–Trinajstić information content (AvgIpc) is 2.67. The van der Waals surface area contributed by atoms with Crippen LogP contribution >= 0.6 is 0 Å². The molecule has 0 amide bonds. The van der Waals surface area contributed by atoms with Gasteiger partial charge in [0.15, 0.2) is 0 Å². The summed E-state index contributed by atoms with van der Waals surface area (Å²) in [5, 5.41) is 2.97. The predicted octanol–water partition coefficient (Wildman–Crippen LogP) is 6.32. The van der Waals surface area contributed by atoms with Gasteiger partial charge in [0.25, 0.3) is 0 Å². The molecule has 1 heterocycles. The van der Waals surface area contributed by atoms with Crippen LogP contribution in [0.25, 0.3) is 0 Å². The lowest BCUT2D eigenvalue weighted by atomic mass is 9.84. The maximum absolute atomic E-state index is 13.2. The third kappa shape index (κ3) is 5.36. The number of nitrogens with one attached hydrogen (secondary N) is 1. The van der Waals surface area contributed by atoms with Gasteiger partial charge in [0.1, 0.15) is 5.56 Å². The molecule has 7 heteroatoms. The maximum Gasteiger partial charge on any atom is 0.423 e. The minimum atomic E-state index is -4.56. The molecule has 0 unspecified atom stereocenters. The van der Waals surface area contributed by atoms with Crippen molar-refractivity contribution >= 4 is 11.6 Å². The summed E-state index contributed by atoms with van der Waals surface area (Å²) in [5.41, 5.74) is 1.07. The minimum Gasteiger partial charge on any atom is -0.477 e. The van der Waals surface area contributed by atoms with Crippen molar-refractivity contribution in [2.75, 3.05) is 11.9 Å². The fraction of sp³-hybridized carbons (Fsp3) is 0.524. The Morgan fingerprint density at radius 3 is 2.39 bits per heavy atom. The van der Waals surface area contributed by atoms with E-state index < -0.39 is 17.6 Å². The van der Waals surface area contributed by atoms with Crippen LogP contribution in [-0.4, -0.2) is 16.6 Å². The molecule has 0 aliphatic heterocycles. The van der Waals surface area contributed by atoms with E-state index in [1.165, 1.54) is 37.7 Å². The molecule has 1 saturated carbocycles. The standard InChI is InChI=1S/C21H26F3N3O/c1-14(2)13-28-19-18(21(22,23)24)12-25-20(27-19)26-17-10-8-16(9-11-17)15-6-4-3-5-7-15/h8-12,14-15H,3-7,13H2,1-2H3,(H,25,26,27). The molecule has 1 aromatic heterocycles. The van der Waals surface area contributed by atoms with E-state index >= 15 is 0 Å². The topological polar surface area (TPSA) is 47.0 Å². The summed E-state index contributed by atoms with van der Waals surface area (Å²) in [6.07, 6.45) is 2.47. The van der Waals surface area contributed by atoms with Gasteiger partial charge >= 0.3 is 6.18 Å². The van der Waals surface area contributed by atoms with Gasteiger partial charge in [0.2, 0.25) is 11.8 Å². The first-order valence-corrected chi connectivity index (χ1v) is 9.77. The molecular formula is C21H26F3N3O. The maximum atomic E-state index is 13.2. The van der Waals surface area contributed by atoms with Gasteiger partial charge in [0.05, 0.1) is 6.61 Å². The summed E-state index contributed by atoms with van der Waals surface area (Å²) in [4.78, 5) is 7.77. The second-order valence-electron chi connectivity index (χ2n) is 7.70. The highest BCUT2D eigenvalue weighted by atomic mass is 19.4. The van der Waals surface area contributed by atoms with Crippen molar-refractivity contribution in [3.63, 3.8) is 0 Å². The SMILES string of the molecule is CC(C)COc1nc(Nc2ccc(C3CCCCC3)cc2)ncc1C(F)(F)F. The number of hydrogen-bond acceptors (Lipinski definition) is 4. The van der Waals surface area contributed by atoms with Crippen molar-refractivity contribution in [2.24, 2.45) is 5.92 Å². The average molecular weight is 393 g/mol. The predicted molar refractivity (Wildman–Crippen MR) is 103 cm³/mol. The zero-order valence-corrected chi connectivity index (χ0v) is 16.2. The number of anilines is 2. The lowest BCUT2D eigenvalue weighted by Crippen LogP contribution is -2.14. The molecule has 1 aromatic carbocycles. The van der Waals surface area contributed by atoms with Crippen LogP contribution < -0.4 is 10.1 Å². The molecule has 28 heavy (non-hydrogen) atoms. The van der Waals surface area contributed by atoms with Gasteiger partial charge in [-0.3, -0.25) is 0 Å². The Labute approximate surface area is 163 Å². The van der Waals surface area contributed by atoms with E-state index in [0.717, 1.165) is 11.9 Å². The van der Waals surface area contributed by atoms with E-state index in [0.29, 0.717) is 5.92 Å². The summed E-state index contributed by atoms with van der Waals surface area (Å²) in [7, 11) is 0. The number of benzene rings is 1. The third-order valence-electron chi connectivity index (χ3n) is 4.86. The molecule has 0 spiro atoms. The molecule has 152 valence electrons. The molecule has 3 rings (SSSR count). The highest BCUT2D eigenvalue weighted by molar-refractivity contribution is 5.54. The number of ether oxygens (including phenoxy) is 1. The summed E-state index contributed by atoms with van der Waals surface area (Å²) in [5.74, 6) is 0.315. The van der Waals surface area contributed by atoms with Crippen molar-refractivity contribution in [3.05, 3.63) is 41.6 Å². The number of hydrogen-bond donors (Lipinski definition) is 1. The second kappa shape index (κ2) is 8.80. The zero-order valence-electron chi connectivity index (χ0n) is 16.2. The normalized spacial score (nSPS) is 15.6. The number of halogens is 3. The molecule has 2 aromatic rings. The Hall–Kier alpha value is -2.31. The molecule has 4 nitrogen and oxygen atoms in total. The van der Waals surface area contributed by atoms with Crippen molar-refractivity contribution in [2.45, 2.75) is 58.0 Å². The molecule has 1 aliphatic carbocycles. The van der Waals surface area contributed by atoms with Gasteiger partial charge < -0.3 is 10.1 Å². The number of rotatable bonds is 6. The first-order chi connectivity index (χ1) is 13.3. The van der Waals surface area contributed by atoms with E-state index in [-0.39, 0.29) is 18.5 Å². The Balaban J connectivity index is 1.75. The third-order valence-corrected chi connectivity index (χ3v) is 4.86. The largest absolute Gasteiger partial charge is 0.477 e. The Morgan fingerprint density at radius 2 is 1.79 bits per heavy atom. The quantitative estimate of drug-likeness (QED) is 0.624. The van der Waals surface area contributed by atoms with E-state index in [2.05, 4.69) is 27.4 Å². The molecule has 0 saturated heterocycles. The van der Waals surface area contributed by atoms with Gasteiger partial charge in [-0.2, -0.15) is 18.2 Å².